The highest BCUT2D eigenvalue weighted by molar-refractivity contribution is 5.78. The van der Waals surface area contributed by atoms with Crippen molar-refractivity contribution in [1.29, 1.82) is 0 Å². The molecule has 0 saturated carbocycles. The highest BCUT2D eigenvalue weighted by Crippen LogP contribution is 2.06. The number of nitrogens with one attached hydrogen (secondary N) is 1. The molecule has 0 aliphatic heterocycles. The zero-order chi connectivity index (χ0) is 14.0. The fourth-order valence-electron chi connectivity index (χ4n) is 1.29. The van der Waals surface area contributed by atoms with E-state index in [0.29, 0.717) is 25.8 Å². The molecule has 0 aliphatic carbocycles. The monoisotopic (exact) mass is 253 g/mol. The summed E-state index contributed by atoms with van der Waals surface area (Å²) in [6.07, 6.45) is 7.67. The van der Waals surface area contributed by atoms with Crippen molar-refractivity contribution in [3.63, 3.8) is 0 Å². The molecule has 0 fully saturated rings. The van der Waals surface area contributed by atoms with Crippen molar-refractivity contribution in [2.24, 2.45) is 0 Å². The number of Topliss-reactive ketones (excluding diaryl/α,β-unsaturated/α-hetero) is 1. The molecule has 0 aromatic carbocycles. The number of ketones is 1. The van der Waals surface area contributed by atoms with Crippen LogP contribution in [-0.2, 0) is 9.53 Å². The molecule has 4 heteroatoms. The highest BCUT2D eigenvalue weighted by Gasteiger charge is 2.15. The number of carbonyl (C=O) groups is 2. The minimum atomic E-state index is -0.477. The van der Waals surface area contributed by atoms with Crippen LogP contribution in [0.15, 0.2) is 0 Å². The first kappa shape index (κ1) is 16.5. The van der Waals surface area contributed by atoms with E-state index in [1.54, 1.807) is 0 Å². The molecule has 1 amide bonds. The van der Waals surface area contributed by atoms with E-state index in [9.17, 15) is 9.59 Å². The second-order valence-corrected chi connectivity index (χ2v) is 5.13. The van der Waals surface area contributed by atoms with Gasteiger partial charge in [-0.2, -0.15) is 0 Å². The van der Waals surface area contributed by atoms with Crippen molar-refractivity contribution in [2.45, 2.75) is 58.5 Å². The van der Waals surface area contributed by atoms with Gasteiger partial charge in [0.15, 0.2) is 0 Å². The van der Waals surface area contributed by atoms with Gasteiger partial charge in [-0.1, -0.05) is 0 Å². The van der Waals surface area contributed by atoms with Crippen LogP contribution in [0.25, 0.3) is 0 Å². The standard InChI is InChI=1S/C14H23NO3/c1-5-6-9-12(16)10-7-8-11-15-13(17)18-14(2,3)4/h1H,6-11H2,2-4H3,(H,15,17). The van der Waals surface area contributed by atoms with E-state index in [0.717, 1.165) is 12.8 Å². The Labute approximate surface area is 109 Å². The maximum atomic E-state index is 11.3. The van der Waals surface area contributed by atoms with Crippen molar-refractivity contribution in [3.8, 4) is 12.3 Å². The van der Waals surface area contributed by atoms with Crippen LogP contribution in [0.5, 0.6) is 0 Å². The van der Waals surface area contributed by atoms with E-state index >= 15 is 0 Å². The van der Waals surface area contributed by atoms with Gasteiger partial charge >= 0.3 is 6.09 Å². The Kier molecular flexibility index (Phi) is 7.86. The van der Waals surface area contributed by atoms with Gasteiger partial charge in [0.05, 0.1) is 0 Å². The summed E-state index contributed by atoms with van der Waals surface area (Å²) in [5.74, 6) is 2.63. The Hall–Kier alpha value is -1.50. The Balaban J connectivity index is 3.49. The van der Waals surface area contributed by atoms with E-state index in [1.165, 1.54) is 0 Å². The lowest BCUT2D eigenvalue weighted by Crippen LogP contribution is -2.33. The van der Waals surface area contributed by atoms with Gasteiger partial charge in [-0.25, -0.2) is 4.79 Å². The van der Waals surface area contributed by atoms with E-state index in [2.05, 4.69) is 11.2 Å². The maximum Gasteiger partial charge on any atom is 0.407 e. The lowest BCUT2D eigenvalue weighted by atomic mass is 10.1. The van der Waals surface area contributed by atoms with Crippen LogP contribution in [-0.4, -0.2) is 24.0 Å². The van der Waals surface area contributed by atoms with E-state index < -0.39 is 11.7 Å². The van der Waals surface area contributed by atoms with Gasteiger partial charge in [-0.15, -0.1) is 12.3 Å². The molecule has 1 N–H and O–H groups in total. The second-order valence-electron chi connectivity index (χ2n) is 5.13. The summed E-state index contributed by atoms with van der Waals surface area (Å²) in [7, 11) is 0. The van der Waals surface area contributed by atoms with Crippen molar-refractivity contribution in [2.75, 3.05) is 6.54 Å². The summed E-state index contributed by atoms with van der Waals surface area (Å²) in [4.78, 5) is 22.6. The number of terminal acetylenes is 1. The van der Waals surface area contributed by atoms with Gasteiger partial charge in [0.2, 0.25) is 0 Å². The first-order chi connectivity index (χ1) is 8.35. The molecule has 102 valence electrons. The molecule has 4 nitrogen and oxygen atoms in total. The number of rotatable bonds is 7. The van der Waals surface area contributed by atoms with Crippen LogP contribution < -0.4 is 5.32 Å². The van der Waals surface area contributed by atoms with E-state index in [-0.39, 0.29) is 5.78 Å². The zero-order valence-electron chi connectivity index (χ0n) is 11.5. The number of ether oxygens (including phenoxy) is 1. The van der Waals surface area contributed by atoms with Crippen molar-refractivity contribution < 1.29 is 14.3 Å². The van der Waals surface area contributed by atoms with Gasteiger partial charge in [-0.05, 0) is 33.6 Å². The topological polar surface area (TPSA) is 55.4 Å². The fourth-order valence-corrected chi connectivity index (χ4v) is 1.29. The molecule has 0 aliphatic rings. The zero-order valence-corrected chi connectivity index (χ0v) is 11.5. The third-order valence-corrected chi connectivity index (χ3v) is 2.10. The summed E-state index contributed by atoms with van der Waals surface area (Å²) in [5, 5.41) is 2.65. The van der Waals surface area contributed by atoms with Crippen LogP contribution >= 0.6 is 0 Å². The molecule has 0 aromatic rings. The average molecular weight is 253 g/mol. The van der Waals surface area contributed by atoms with Crippen LogP contribution in [0.3, 0.4) is 0 Å². The molecule has 0 aromatic heterocycles. The quantitative estimate of drug-likeness (QED) is 0.560. The summed E-state index contributed by atoms with van der Waals surface area (Å²) in [6, 6.07) is 0. The number of hydrogen-bond donors (Lipinski definition) is 1. The maximum absolute atomic E-state index is 11.3. The summed E-state index contributed by atoms with van der Waals surface area (Å²) in [6.45, 7) is 5.97. The first-order valence-corrected chi connectivity index (χ1v) is 6.27. The first-order valence-electron chi connectivity index (χ1n) is 6.27. The Morgan fingerprint density at radius 3 is 2.44 bits per heavy atom. The van der Waals surface area contributed by atoms with Crippen LogP contribution in [0.2, 0.25) is 0 Å². The lowest BCUT2D eigenvalue weighted by Gasteiger charge is -2.19. The minimum Gasteiger partial charge on any atom is -0.444 e. The highest BCUT2D eigenvalue weighted by atomic mass is 16.6. The third kappa shape index (κ3) is 11.0. The molecule has 0 unspecified atom stereocenters. The van der Waals surface area contributed by atoms with Crippen LogP contribution in [0.1, 0.15) is 52.9 Å². The number of hydrogen-bond acceptors (Lipinski definition) is 3. The Bertz CT molecular complexity index is 310. The molecule has 0 atom stereocenters. The predicted octanol–water partition coefficient (Wildman–Crippen LogP) is 2.66. The summed E-state index contributed by atoms with van der Waals surface area (Å²) in [5.41, 5.74) is -0.477. The molecule has 0 bridgehead atoms. The average Bonchev–Trinajstić information content (AvgIpc) is 2.23. The number of unbranched alkanes of at least 4 members (excludes halogenated alkanes) is 1. The largest absolute Gasteiger partial charge is 0.444 e. The molecule has 0 heterocycles. The number of alkyl carbamates (subject to hydrolysis) is 1. The molecule has 0 saturated heterocycles. The molecular formula is C14H23NO3. The summed E-state index contributed by atoms with van der Waals surface area (Å²) >= 11 is 0. The molecule has 18 heavy (non-hydrogen) atoms. The normalized spacial score (nSPS) is 10.6. The summed E-state index contributed by atoms with van der Waals surface area (Å²) < 4.78 is 5.08. The number of amides is 1. The van der Waals surface area contributed by atoms with Gasteiger partial charge in [0.1, 0.15) is 11.4 Å². The van der Waals surface area contributed by atoms with Gasteiger partial charge in [0, 0.05) is 25.8 Å². The van der Waals surface area contributed by atoms with Gasteiger partial charge in [-0.3, -0.25) is 4.79 Å². The Morgan fingerprint density at radius 2 is 1.89 bits per heavy atom. The SMILES string of the molecule is C#CCCC(=O)CCCCNC(=O)OC(C)(C)C. The van der Waals surface area contributed by atoms with Crippen molar-refractivity contribution >= 4 is 11.9 Å². The molecule has 0 rings (SSSR count). The fraction of sp³-hybridized carbons (Fsp3) is 0.714. The second kappa shape index (κ2) is 8.57. The molecule has 0 radical (unpaired) electrons. The minimum absolute atomic E-state index is 0.185. The van der Waals surface area contributed by atoms with Crippen molar-refractivity contribution in [3.05, 3.63) is 0 Å². The van der Waals surface area contributed by atoms with E-state index in [1.807, 2.05) is 20.8 Å². The smallest absolute Gasteiger partial charge is 0.407 e. The van der Waals surface area contributed by atoms with Gasteiger partial charge < -0.3 is 10.1 Å². The Morgan fingerprint density at radius 1 is 1.22 bits per heavy atom. The van der Waals surface area contributed by atoms with Crippen LogP contribution in [0.4, 0.5) is 4.79 Å². The lowest BCUT2D eigenvalue weighted by molar-refractivity contribution is -0.119. The van der Waals surface area contributed by atoms with Crippen LogP contribution in [0, 0.1) is 12.3 Å². The molecular weight excluding hydrogens is 230 g/mol. The van der Waals surface area contributed by atoms with Gasteiger partial charge in [0.25, 0.3) is 0 Å². The number of carbonyl (C=O) groups excluding carboxylic acids is 2. The van der Waals surface area contributed by atoms with Crippen molar-refractivity contribution in [1.82, 2.24) is 5.32 Å². The predicted molar refractivity (Wildman–Crippen MR) is 71.2 cm³/mol. The third-order valence-electron chi connectivity index (χ3n) is 2.10. The molecule has 0 spiro atoms. The van der Waals surface area contributed by atoms with E-state index in [4.69, 9.17) is 11.2 Å².